The molecular formula is C3H10AlNO. The van der Waals surface area contributed by atoms with Crippen molar-refractivity contribution in [2.24, 2.45) is 0 Å². The Balaban J connectivity index is 0. The maximum atomic E-state index is 9.43. The highest BCUT2D eigenvalue weighted by molar-refractivity contribution is 5.75. The van der Waals surface area contributed by atoms with Crippen LogP contribution in [0.15, 0.2) is 0 Å². The minimum Gasteiger partial charge on any atom is -0.351 e. The number of nitrogens with zero attached hydrogens (tertiary/aromatic N) is 1. The summed E-state index contributed by atoms with van der Waals surface area (Å²) in [5, 5.41) is 0. The third-order valence-electron chi connectivity index (χ3n) is 0.211. The summed E-state index contributed by atoms with van der Waals surface area (Å²) in [7, 11) is 3.38. The molecule has 0 aliphatic rings. The molecule has 0 heterocycles. The molecule has 0 atom stereocenters. The van der Waals surface area contributed by atoms with Crippen molar-refractivity contribution in [1.82, 2.24) is 4.90 Å². The van der Waals surface area contributed by atoms with Gasteiger partial charge < -0.3 is 4.90 Å². The van der Waals surface area contributed by atoms with Gasteiger partial charge in [0.25, 0.3) is 0 Å². The molecule has 0 spiro atoms. The zero-order valence-corrected chi connectivity index (χ0v) is 3.43. The minimum absolute atomic E-state index is 0. The molecule has 0 N–H and O–H groups in total. The van der Waals surface area contributed by atoms with E-state index in [1.54, 1.807) is 14.1 Å². The number of carbonyl (C=O) groups excluding carboxylic acids is 1. The summed E-state index contributed by atoms with van der Waals surface area (Å²) in [5.41, 5.74) is 0. The Kier molecular flexibility index (Phi) is 7.82. The summed E-state index contributed by atoms with van der Waals surface area (Å²) in [4.78, 5) is 10.9. The van der Waals surface area contributed by atoms with E-state index in [0.717, 1.165) is 6.41 Å². The first kappa shape index (κ1) is 9.38. The topological polar surface area (TPSA) is 20.3 Å². The van der Waals surface area contributed by atoms with Crippen LogP contribution >= 0.6 is 0 Å². The standard InChI is InChI=1S/C3H7NO.Al.3H/c1-4(2)3-5;;;;/h3H,1-2H3;;;;. The Labute approximate surface area is 48.3 Å². The molecule has 0 unspecified atom stereocenters. The van der Waals surface area contributed by atoms with Crippen molar-refractivity contribution in [3.05, 3.63) is 0 Å². The lowest BCUT2D eigenvalue weighted by atomic mass is 11.0. The number of carbonyl (C=O) groups is 1. The maximum absolute atomic E-state index is 9.43. The molecule has 0 radical (unpaired) electrons. The lowest BCUT2D eigenvalue weighted by Crippen LogP contribution is -2.06. The van der Waals surface area contributed by atoms with Crippen LogP contribution in [0.2, 0.25) is 0 Å². The third-order valence-corrected chi connectivity index (χ3v) is 0.211. The molecule has 2 nitrogen and oxygen atoms in total. The van der Waals surface area contributed by atoms with Gasteiger partial charge in [-0.25, -0.2) is 0 Å². The van der Waals surface area contributed by atoms with Crippen molar-refractivity contribution in [2.45, 2.75) is 0 Å². The monoisotopic (exact) mass is 103 g/mol. The van der Waals surface area contributed by atoms with Gasteiger partial charge in [0.1, 0.15) is 0 Å². The van der Waals surface area contributed by atoms with Gasteiger partial charge in [-0.05, 0) is 0 Å². The van der Waals surface area contributed by atoms with Crippen LogP contribution in [0.25, 0.3) is 0 Å². The molecule has 0 aromatic carbocycles. The van der Waals surface area contributed by atoms with E-state index in [1.807, 2.05) is 0 Å². The molecule has 0 aliphatic carbocycles. The second kappa shape index (κ2) is 5.00. The van der Waals surface area contributed by atoms with E-state index in [4.69, 9.17) is 0 Å². The van der Waals surface area contributed by atoms with E-state index in [-0.39, 0.29) is 17.4 Å². The highest BCUT2D eigenvalue weighted by Gasteiger charge is 1.68. The molecule has 0 aromatic heterocycles. The van der Waals surface area contributed by atoms with Gasteiger partial charge in [0.15, 0.2) is 17.4 Å². The number of hydrogen-bond acceptors (Lipinski definition) is 1. The summed E-state index contributed by atoms with van der Waals surface area (Å²) in [5.74, 6) is 0. The molecule has 0 fully saturated rings. The summed E-state index contributed by atoms with van der Waals surface area (Å²) in [6, 6.07) is 0. The smallest absolute Gasteiger partial charge is 0.209 e. The molecular weight excluding hydrogens is 93.0 g/mol. The summed E-state index contributed by atoms with van der Waals surface area (Å²) in [6.45, 7) is 0. The molecule has 0 bridgehead atoms. The Hall–Kier alpha value is 0.00247. The van der Waals surface area contributed by atoms with Gasteiger partial charge in [0.2, 0.25) is 6.41 Å². The summed E-state index contributed by atoms with van der Waals surface area (Å²) in [6.07, 6.45) is 0.750. The second-order valence-corrected chi connectivity index (χ2v) is 1.07. The summed E-state index contributed by atoms with van der Waals surface area (Å²) >= 11 is 0. The van der Waals surface area contributed by atoms with Crippen LogP contribution in [-0.4, -0.2) is 42.8 Å². The zero-order chi connectivity index (χ0) is 4.28. The number of rotatable bonds is 1. The second-order valence-electron chi connectivity index (χ2n) is 1.07. The van der Waals surface area contributed by atoms with Crippen LogP contribution in [0.4, 0.5) is 0 Å². The first-order valence-electron chi connectivity index (χ1n) is 1.39. The van der Waals surface area contributed by atoms with Crippen LogP contribution in [0, 0.1) is 0 Å². The van der Waals surface area contributed by atoms with Gasteiger partial charge in [-0.2, -0.15) is 0 Å². The van der Waals surface area contributed by atoms with E-state index < -0.39 is 0 Å². The third kappa shape index (κ3) is 9.00. The van der Waals surface area contributed by atoms with Gasteiger partial charge in [-0.3, -0.25) is 4.79 Å². The quantitative estimate of drug-likeness (QED) is 0.293. The molecule has 0 saturated carbocycles. The van der Waals surface area contributed by atoms with E-state index in [2.05, 4.69) is 0 Å². The lowest BCUT2D eigenvalue weighted by molar-refractivity contribution is -0.115. The van der Waals surface area contributed by atoms with Crippen LogP contribution in [0.3, 0.4) is 0 Å². The van der Waals surface area contributed by atoms with Crippen LogP contribution in [0.5, 0.6) is 0 Å². The SMILES string of the molecule is CN(C)C=O.[AlH3]. The highest BCUT2D eigenvalue weighted by atomic mass is 27.0. The highest BCUT2D eigenvalue weighted by Crippen LogP contribution is 1.52. The molecule has 6 heavy (non-hydrogen) atoms. The lowest BCUT2D eigenvalue weighted by Gasteiger charge is -1.93. The van der Waals surface area contributed by atoms with Crippen LogP contribution in [-0.2, 0) is 4.79 Å². The fourth-order valence-electron chi connectivity index (χ4n) is 0. The predicted molar refractivity (Wildman–Crippen MR) is 29.7 cm³/mol. The Morgan fingerprint density at radius 1 is 1.50 bits per heavy atom. The fraction of sp³-hybridized carbons (Fsp3) is 0.667. The molecule has 0 aliphatic heterocycles. The van der Waals surface area contributed by atoms with Gasteiger partial charge in [0.05, 0.1) is 0 Å². The van der Waals surface area contributed by atoms with E-state index in [9.17, 15) is 4.79 Å². The van der Waals surface area contributed by atoms with E-state index in [0.29, 0.717) is 0 Å². The van der Waals surface area contributed by atoms with Gasteiger partial charge in [0, 0.05) is 14.1 Å². The molecule has 36 valence electrons. The van der Waals surface area contributed by atoms with Gasteiger partial charge in [-0.15, -0.1) is 0 Å². The zero-order valence-electron chi connectivity index (χ0n) is 3.43. The number of hydrogen-bond donors (Lipinski definition) is 0. The molecule has 3 heteroatoms. The average Bonchev–Trinajstić information content (AvgIpc) is 1.38. The molecule has 0 saturated heterocycles. The first-order chi connectivity index (χ1) is 2.27. The predicted octanol–water partition coefficient (Wildman–Crippen LogP) is -1.48. The van der Waals surface area contributed by atoms with Gasteiger partial charge >= 0.3 is 0 Å². The van der Waals surface area contributed by atoms with Gasteiger partial charge in [-0.1, -0.05) is 0 Å². The van der Waals surface area contributed by atoms with Crippen molar-refractivity contribution in [3.8, 4) is 0 Å². The van der Waals surface area contributed by atoms with Crippen molar-refractivity contribution in [3.63, 3.8) is 0 Å². The molecule has 1 amide bonds. The van der Waals surface area contributed by atoms with Crippen molar-refractivity contribution >= 4 is 23.8 Å². The average molecular weight is 103 g/mol. The largest absolute Gasteiger partial charge is 0.351 e. The fourth-order valence-corrected chi connectivity index (χ4v) is 0. The van der Waals surface area contributed by atoms with Crippen molar-refractivity contribution in [2.75, 3.05) is 14.1 Å². The van der Waals surface area contributed by atoms with E-state index in [1.165, 1.54) is 4.90 Å². The first-order valence-corrected chi connectivity index (χ1v) is 1.39. The Morgan fingerprint density at radius 2 is 1.67 bits per heavy atom. The van der Waals surface area contributed by atoms with Crippen molar-refractivity contribution in [1.29, 1.82) is 0 Å². The molecule has 0 rings (SSSR count). The minimum atomic E-state index is 0. The van der Waals surface area contributed by atoms with E-state index >= 15 is 0 Å². The van der Waals surface area contributed by atoms with Crippen molar-refractivity contribution < 1.29 is 4.79 Å². The molecule has 0 aromatic rings. The Bertz CT molecular complexity index is 37.8. The summed E-state index contributed by atoms with van der Waals surface area (Å²) < 4.78 is 0. The van der Waals surface area contributed by atoms with Crippen LogP contribution in [0.1, 0.15) is 0 Å². The Morgan fingerprint density at radius 3 is 1.67 bits per heavy atom. The normalized spacial score (nSPS) is 5.67. The number of amides is 1. The maximum Gasteiger partial charge on any atom is 0.209 e. The van der Waals surface area contributed by atoms with Crippen LogP contribution < -0.4 is 0 Å².